The first-order chi connectivity index (χ1) is 5.77. The SMILES string of the molecule is O=C([O-])c1ccc2ccoc2c1. The second-order valence-corrected chi connectivity index (χ2v) is 2.46. The molecule has 1 aromatic carbocycles. The molecule has 0 aliphatic heterocycles. The lowest BCUT2D eigenvalue weighted by Crippen LogP contribution is -2.21. The number of carboxylic acids is 1. The highest BCUT2D eigenvalue weighted by atomic mass is 16.4. The van der Waals surface area contributed by atoms with Gasteiger partial charge in [-0.3, -0.25) is 0 Å². The topological polar surface area (TPSA) is 53.3 Å². The lowest BCUT2D eigenvalue weighted by Gasteiger charge is -1.99. The second kappa shape index (κ2) is 2.37. The van der Waals surface area contributed by atoms with Crippen LogP contribution in [0.5, 0.6) is 0 Å². The van der Waals surface area contributed by atoms with Crippen LogP contribution in [-0.4, -0.2) is 5.97 Å². The Hall–Kier alpha value is -1.77. The van der Waals surface area contributed by atoms with Gasteiger partial charge < -0.3 is 14.3 Å². The van der Waals surface area contributed by atoms with Crippen molar-refractivity contribution in [3.8, 4) is 0 Å². The molecule has 0 amide bonds. The van der Waals surface area contributed by atoms with Crippen molar-refractivity contribution in [3.05, 3.63) is 36.1 Å². The van der Waals surface area contributed by atoms with E-state index in [9.17, 15) is 9.90 Å². The number of carbonyl (C=O) groups is 1. The molecule has 0 aliphatic rings. The summed E-state index contributed by atoms with van der Waals surface area (Å²) in [5.74, 6) is -1.19. The van der Waals surface area contributed by atoms with Gasteiger partial charge in [0.2, 0.25) is 0 Å². The zero-order valence-electron chi connectivity index (χ0n) is 6.11. The lowest BCUT2D eigenvalue weighted by molar-refractivity contribution is -0.255. The lowest BCUT2D eigenvalue weighted by atomic mass is 10.2. The molecule has 0 radical (unpaired) electrons. The van der Waals surface area contributed by atoms with Gasteiger partial charge in [-0.05, 0) is 12.1 Å². The number of furan rings is 1. The van der Waals surface area contributed by atoms with E-state index in [-0.39, 0.29) is 5.56 Å². The Balaban J connectivity index is 2.68. The van der Waals surface area contributed by atoms with Gasteiger partial charge >= 0.3 is 0 Å². The maximum Gasteiger partial charge on any atom is 0.134 e. The third-order valence-corrected chi connectivity index (χ3v) is 1.69. The molecular formula is C9H5O3-. The largest absolute Gasteiger partial charge is 0.545 e. The molecule has 0 fully saturated rings. The Morgan fingerprint density at radius 3 is 2.92 bits per heavy atom. The van der Waals surface area contributed by atoms with Crippen molar-refractivity contribution in [2.24, 2.45) is 0 Å². The molecule has 2 aromatic rings. The molecule has 0 N–H and O–H groups in total. The molecule has 0 unspecified atom stereocenters. The van der Waals surface area contributed by atoms with Crippen LogP contribution in [0.2, 0.25) is 0 Å². The minimum atomic E-state index is -1.19. The van der Waals surface area contributed by atoms with Gasteiger partial charge in [0.15, 0.2) is 0 Å². The molecule has 12 heavy (non-hydrogen) atoms. The summed E-state index contributed by atoms with van der Waals surface area (Å²) in [7, 11) is 0. The zero-order chi connectivity index (χ0) is 8.55. The number of carbonyl (C=O) groups excluding carboxylic acids is 1. The van der Waals surface area contributed by atoms with Crippen molar-refractivity contribution >= 4 is 16.9 Å². The number of aromatic carboxylic acids is 1. The molecule has 2 rings (SSSR count). The summed E-state index contributed by atoms with van der Waals surface area (Å²) >= 11 is 0. The van der Waals surface area contributed by atoms with Gasteiger partial charge in [0, 0.05) is 10.9 Å². The summed E-state index contributed by atoms with van der Waals surface area (Å²) in [6.45, 7) is 0. The second-order valence-electron chi connectivity index (χ2n) is 2.46. The zero-order valence-corrected chi connectivity index (χ0v) is 6.11. The molecule has 60 valence electrons. The van der Waals surface area contributed by atoms with E-state index in [4.69, 9.17) is 4.42 Å². The highest BCUT2D eigenvalue weighted by Gasteiger charge is 1.98. The predicted octanol–water partition coefficient (Wildman–Crippen LogP) is 0.796. The first kappa shape index (κ1) is 6.91. The third-order valence-electron chi connectivity index (χ3n) is 1.69. The van der Waals surface area contributed by atoms with Crippen molar-refractivity contribution in [3.63, 3.8) is 0 Å². The minimum absolute atomic E-state index is 0.137. The Morgan fingerprint density at radius 2 is 2.17 bits per heavy atom. The van der Waals surface area contributed by atoms with Gasteiger partial charge in [0.05, 0.1) is 12.2 Å². The fourth-order valence-corrected chi connectivity index (χ4v) is 1.08. The quantitative estimate of drug-likeness (QED) is 0.621. The van der Waals surface area contributed by atoms with Crippen LogP contribution in [0, 0.1) is 0 Å². The Kier molecular flexibility index (Phi) is 1.37. The van der Waals surface area contributed by atoms with Gasteiger partial charge in [0.1, 0.15) is 5.58 Å². The predicted molar refractivity (Wildman–Crippen MR) is 40.5 cm³/mol. The van der Waals surface area contributed by atoms with Gasteiger partial charge in [0.25, 0.3) is 0 Å². The van der Waals surface area contributed by atoms with E-state index >= 15 is 0 Å². The van der Waals surface area contributed by atoms with Crippen molar-refractivity contribution in [1.82, 2.24) is 0 Å². The maximum atomic E-state index is 10.4. The molecule has 0 atom stereocenters. The van der Waals surface area contributed by atoms with E-state index in [0.29, 0.717) is 5.58 Å². The minimum Gasteiger partial charge on any atom is -0.545 e. The summed E-state index contributed by atoms with van der Waals surface area (Å²) in [5, 5.41) is 11.3. The van der Waals surface area contributed by atoms with Crippen molar-refractivity contribution in [1.29, 1.82) is 0 Å². The van der Waals surface area contributed by atoms with Gasteiger partial charge in [-0.25, -0.2) is 0 Å². The molecule has 1 aromatic heterocycles. The van der Waals surface area contributed by atoms with Gasteiger partial charge in [-0.2, -0.15) is 0 Å². The van der Waals surface area contributed by atoms with Crippen molar-refractivity contribution < 1.29 is 14.3 Å². The fourth-order valence-electron chi connectivity index (χ4n) is 1.08. The summed E-state index contributed by atoms with van der Waals surface area (Å²) < 4.78 is 5.02. The molecule has 3 nitrogen and oxygen atoms in total. The first-order valence-electron chi connectivity index (χ1n) is 3.46. The van der Waals surface area contributed by atoms with E-state index in [1.54, 1.807) is 12.1 Å². The summed E-state index contributed by atoms with van der Waals surface area (Å²) in [6.07, 6.45) is 1.52. The molecular weight excluding hydrogens is 156 g/mol. The molecule has 0 saturated heterocycles. The van der Waals surface area contributed by atoms with E-state index < -0.39 is 5.97 Å². The standard InChI is InChI=1S/C9H6O3/c10-9(11)7-2-1-6-3-4-12-8(6)5-7/h1-5H,(H,10,11)/p-1. The van der Waals surface area contributed by atoms with Gasteiger partial charge in [-0.15, -0.1) is 0 Å². The van der Waals surface area contributed by atoms with Crippen LogP contribution in [0.15, 0.2) is 34.9 Å². The smallest absolute Gasteiger partial charge is 0.134 e. The van der Waals surface area contributed by atoms with Crippen LogP contribution in [-0.2, 0) is 0 Å². The van der Waals surface area contributed by atoms with E-state index in [1.807, 2.05) is 0 Å². The van der Waals surface area contributed by atoms with Crippen LogP contribution in [0.25, 0.3) is 11.0 Å². The number of hydrogen-bond acceptors (Lipinski definition) is 3. The monoisotopic (exact) mass is 161 g/mol. The normalized spacial score (nSPS) is 10.3. The van der Waals surface area contributed by atoms with E-state index in [1.165, 1.54) is 18.4 Å². The van der Waals surface area contributed by atoms with Crippen LogP contribution >= 0.6 is 0 Å². The fraction of sp³-hybridized carbons (Fsp3) is 0. The summed E-state index contributed by atoms with van der Waals surface area (Å²) in [4.78, 5) is 10.4. The van der Waals surface area contributed by atoms with E-state index in [0.717, 1.165) is 5.39 Å². The average molecular weight is 161 g/mol. The highest BCUT2D eigenvalue weighted by Crippen LogP contribution is 2.16. The molecule has 0 bridgehead atoms. The van der Waals surface area contributed by atoms with Crippen LogP contribution < -0.4 is 5.11 Å². The van der Waals surface area contributed by atoms with Gasteiger partial charge in [-0.1, -0.05) is 12.1 Å². The molecule has 1 heterocycles. The van der Waals surface area contributed by atoms with Crippen LogP contribution in [0.4, 0.5) is 0 Å². The van der Waals surface area contributed by atoms with Crippen LogP contribution in [0.1, 0.15) is 10.4 Å². The van der Waals surface area contributed by atoms with Crippen molar-refractivity contribution in [2.45, 2.75) is 0 Å². The number of carboxylic acid groups (broad SMARTS) is 1. The molecule has 0 saturated carbocycles. The number of benzene rings is 1. The van der Waals surface area contributed by atoms with Crippen LogP contribution in [0.3, 0.4) is 0 Å². The van der Waals surface area contributed by atoms with Crippen molar-refractivity contribution in [2.75, 3.05) is 0 Å². The third kappa shape index (κ3) is 0.955. The Labute approximate surface area is 68.2 Å². The molecule has 0 aliphatic carbocycles. The number of hydrogen-bond donors (Lipinski definition) is 0. The number of rotatable bonds is 1. The first-order valence-corrected chi connectivity index (χ1v) is 3.46. The Morgan fingerprint density at radius 1 is 1.33 bits per heavy atom. The Bertz CT molecular complexity index is 428. The number of fused-ring (bicyclic) bond motifs is 1. The van der Waals surface area contributed by atoms with E-state index in [2.05, 4.69) is 0 Å². The maximum absolute atomic E-state index is 10.4. The summed E-state index contributed by atoms with van der Waals surface area (Å²) in [6, 6.07) is 6.40. The average Bonchev–Trinajstić information content (AvgIpc) is 2.49. The highest BCUT2D eigenvalue weighted by molar-refractivity contribution is 5.91. The molecule has 3 heteroatoms. The summed E-state index contributed by atoms with van der Waals surface area (Å²) in [5.41, 5.74) is 0.703. The molecule has 0 spiro atoms.